The zero-order valence-corrected chi connectivity index (χ0v) is 13.5. The summed E-state index contributed by atoms with van der Waals surface area (Å²) in [4.78, 5) is 26.0. The van der Waals surface area contributed by atoms with Crippen LogP contribution in [0.5, 0.6) is 0 Å². The summed E-state index contributed by atoms with van der Waals surface area (Å²) in [7, 11) is 0. The summed E-state index contributed by atoms with van der Waals surface area (Å²) in [6.45, 7) is 4.37. The van der Waals surface area contributed by atoms with Crippen LogP contribution in [-0.4, -0.2) is 42.3 Å². The van der Waals surface area contributed by atoms with E-state index in [0.29, 0.717) is 10.6 Å². The van der Waals surface area contributed by atoms with Crippen molar-refractivity contribution in [3.63, 3.8) is 0 Å². The predicted octanol–water partition coefficient (Wildman–Crippen LogP) is 2.55. The lowest BCUT2D eigenvalue weighted by molar-refractivity contribution is -0.133. The van der Waals surface area contributed by atoms with Gasteiger partial charge in [-0.25, -0.2) is 0 Å². The maximum Gasteiger partial charge on any atom is 0.223 e. The molecule has 1 aliphatic heterocycles. The molecule has 1 heterocycles. The van der Waals surface area contributed by atoms with Crippen molar-refractivity contribution in [2.45, 2.75) is 25.8 Å². The maximum atomic E-state index is 12.1. The maximum absolute atomic E-state index is 12.1. The zero-order chi connectivity index (χ0) is 14.5. The fourth-order valence-electron chi connectivity index (χ4n) is 2.36. The second-order valence-corrected chi connectivity index (χ2v) is 5.51. The molecule has 4 nitrogen and oxygen atoms in total. The molecule has 0 bridgehead atoms. The van der Waals surface area contributed by atoms with Crippen molar-refractivity contribution in [2.75, 3.05) is 19.6 Å². The van der Waals surface area contributed by atoms with E-state index in [-0.39, 0.29) is 43.0 Å². The third-order valence-corrected chi connectivity index (χ3v) is 3.81. The monoisotopic (exact) mass is 330 g/mol. The summed E-state index contributed by atoms with van der Waals surface area (Å²) in [6.07, 6.45) is 0.517. The molecule has 1 aliphatic rings. The number of hydrogen-bond acceptors (Lipinski definition) is 3. The van der Waals surface area contributed by atoms with Crippen molar-refractivity contribution in [3.05, 3.63) is 34.9 Å². The van der Waals surface area contributed by atoms with Gasteiger partial charge in [-0.2, -0.15) is 0 Å². The summed E-state index contributed by atoms with van der Waals surface area (Å²) in [5.74, 6) is 0.0408. The van der Waals surface area contributed by atoms with Crippen LogP contribution in [0.3, 0.4) is 0 Å². The Balaban J connectivity index is 0.00000220. The smallest absolute Gasteiger partial charge is 0.223 e. The normalized spacial score (nSPS) is 18.0. The van der Waals surface area contributed by atoms with Crippen molar-refractivity contribution < 1.29 is 9.59 Å². The summed E-state index contributed by atoms with van der Waals surface area (Å²) < 4.78 is 0. The van der Waals surface area contributed by atoms with Crippen molar-refractivity contribution in [1.82, 2.24) is 10.2 Å². The number of benzene rings is 1. The molecule has 1 aromatic rings. The van der Waals surface area contributed by atoms with Crippen LogP contribution in [0.4, 0.5) is 0 Å². The number of piperazine rings is 1. The van der Waals surface area contributed by atoms with Gasteiger partial charge in [-0.15, -0.1) is 12.4 Å². The lowest BCUT2D eigenvalue weighted by Crippen LogP contribution is -2.52. The fraction of sp³-hybridized carbons (Fsp3) is 0.467. The molecule has 0 aliphatic carbocycles. The van der Waals surface area contributed by atoms with Gasteiger partial charge in [0.15, 0.2) is 5.78 Å². The van der Waals surface area contributed by atoms with Gasteiger partial charge in [-0.05, 0) is 31.2 Å². The minimum Gasteiger partial charge on any atom is -0.337 e. The van der Waals surface area contributed by atoms with Crippen LogP contribution in [0, 0.1) is 0 Å². The van der Waals surface area contributed by atoms with Gasteiger partial charge in [-0.1, -0.05) is 11.6 Å². The van der Waals surface area contributed by atoms with Crippen LogP contribution >= 0.6 is 24.0 Å². The van der Waals surface area contributed by atoms with E-state index in [0.717, 1.165) is 19.6 Å². The summed E-state index contributed by atoms with van der Waals surface area (Å²) in [5, 5.41) is 3.85. The van der Waals surface area contributed by atoms with Crippen molar-refractivity contribution in [3.8, 4) is 0 Å². The average molecular weight is 331 g/mol. The Bertz CT molecular complexity index is 491. The number of carbonyl (C=O) groups excluding carboxylic acids is 2. The van der Waals surface area contributed by atoms with E-state index in [9.17, 15) is 9.59 Å². The van der Waals surface area contributed by atoms with Gasteiger partial charge >= 0.3 is 0 Å². The van der Waals surface area contributed by atoms with E-state index in [1.807, 2.05) is 11.8 Å². The lowest BCUT2D eigenvalue weighted by atomic mass is 10.1. The average Bonchev–Trinajstić information content (AvgIpc) is 2.45. The molecule has 116 valence electrons. The first kappa shape index (κ1) is 18.0. The lowest BCUT2D eigenvalue weighted by Gasteiger charge is -2.34. The minimum absolute atomic E-state index is 0. The molecule has 1 saturated heterocycles. The molecule has 1 amide bonds. The van der Waals surface area contributed by atoms with Crippen LogP contribution in [0.2, 0.25) is 5.02 Å². The number of hydrogen-bond donors (Lipinski definition) is 1. The molecule has 6 heteroatoms. The first-order valence-electron chi connectivity index (χ1n) is 6.87. The summed E-state index contributed by atoms with van der Waals surface area (Å²) in [5.41, 5.74) is 0.607. The van der Waals surface area contributed by atoms with Crippen molar-refractivity contribution in [2.24, 2.45) is 0 Å². The van der Waals surface area contributed by atoms with E-state index >= 15 is 0 Å². The number of carbonyl (C=O) groups is 2. The quantitative estimate of drug-likeness (QED) is 0.863. The Kier molecular flexibility index (Phi) is 7.15. The Morgan fingerprint density at radius 3 is 2.57 bits per heavy atom. The van der Waals surface area contributed by atoms with E-state index in [4.69, 9.17) is 11.6 Å². The number of amides is 1. The molecule has 1 atom stereocenters. The molecule has 1 fully saturated rings. The van der Waals surface area contributed by atoms with Gasteiger partial charge in [0.05, 0.1) is 0 Å². The topological polar surface area (TPSA) is 49.4 Å². The molecule has 1 N–H and O–H groups in total. The highest BCUT2D eigenvalue weighted by Crippen LogP contribution is 2.13. The highest BCUT2D eigenvalue weighted by molar-refractivity contribution is 6.30. The van der Waals surface area contributed by atoms with Crippen LogP contribution < -0.4 is 5.32 Å². The van der Waals surface area contributed by atoms with E-state index in [1.54, 1.807) is 24.3 Å². The van der Waals surface area contributed by atoms with E-state index in [1.165, 1.54) is 0 Å². The first-order valence-corrected chi connectivity index (χ1v) is 7.24. The number of rotatable bonds is 4. The summed E-state index contributed by atoms with van der Waals surface area (Å²) >= 11 is 5.78. The predicted molar refractivity (Wildman–Crippen MR) is 86.3 cm³/mol. The molecule has 0 radical (unpaired) electrons. The van der Waals surface area contributed by atoms with Gasteiger partial charge in [0, 0.05) is 49.1 Å². The molecule has 0 saturated carbocycles. The van der Waals surface area contributed by atoms with Gasteiger partial charge in [0.1, 0.15) is 0 Å². The minimum atomic E-state index is -0.0159. The van der Waals surface area contributed by atoms with Crippen LogP contribution in [0.1, 0.15) is 30.1 Å². The highest BCUT2D eigenvalue weighted by Gasteiger charge is 2.23. The third kappa shape index (κ3) is 4.99. The molecule has 2 rings (SSSR count). The van der Waals surface area contributed by atoms with Crippen molar-refractivity contribution in [1.29, 1.82) is 0 Å². The SMILES string of the molecule is C[C@@H]1CNCCN1C(=O)CCC(=O)c1ccc(Cl)cc1.Cl. The first-order chi connectivity index (χ1) is 9.58. The Morgan fingerprint density at radius 2 is 1.95 bits per heavy atom. The third-order valence-electron chi connectivity index (χ3n) is 3.55. The standard InChI is InChI=1S/C15H19ClN2O2.ClH/c1-11-10-17-8-9-18(11)15(20)7-6-14(19)12-2-4-13(16)5-3-12;/h2-5,11,17H,6-10H2,1H3;1H/t11-;/m1./s1. The fourth-order valence-corrected chi connectivity index (χ4v) is 2.48. The Labute approximate surface area is 136 Å². The molecule has 0 spiro atoms. The van der Waals surface area contributed by atoms with Gasteiger partial charge in [0.2, 0.25) is 5.91 Å². The second kappa shape index (κ2) is 8.37. The van der Waals surface area contributed by atoms with E-state index in [2.05, 4.69) is 5.32 Å². The van der Waals surface area contributed by atoms with Crippen LogP contribution in [-0.2, 0) is 4.79 Å². The zero-order valence-electron chi connectivity index (χ0n) is 12.0. The van der Waals surface area contributed by atoms with Crippen LogP contribution in [0.25, 0.3) is 0 Å². The molecule has 0 aromatic heterocycles. The molecular weight excluding hydrogens is 311 g/mol. The molecule has 1 aromatic carbocycles. The largest absolute Gasteiger partial charge is 0.337 e. The second-order valence-electron chi connectivity index (χ2n) is 5.07. The van der Waals surface area contributed by atoms with Gasteiger partial charge in [0.25, 0.3) is 0 Å². The Morgan fingerprint density at radius 1 is 1.29 bits per heavy atom. The van der Waals surface area contributed by atoms with Crippen molar-refractivity contribution >= 4 is 35.7 Å². The molecule has 0 unspecified atom stereocenters. The van der Waals surface area contributed by atoms with Gasteiger partial charge in [-0.3, -0.25) is 9.59 Å². The summed E-state index contributed by atoms with van der Waals surface area (Å²) in [6, 6.07) is 6.97. The van der Waals surface area contributed by atoms with E-state index < -0.39 is 0 Å². The molecule has 21 heavy (non-hydrogen) atoms. The number of ketones is 1. The highest BCUT2D eigenvalue weighted by atomic mass is 35.5. The Hall–Kier alpha value is -1.10. The van der Waals surface area contributed by atoms with Crippen LogP contribution in [0.15, 0.2) is 24.3 Å². The molecular formula is C15H20Cl2N2O2. The number of halogens is 2. The number of Topliss-reactive ketones (excluding diaryl/α,β-unsaturated/α-hetero) is 1. The number of nitrogens with zero attached hydrogens (tertiary/aromatic N) is 1. The number of nitrogens with one attached hydrogen (secondary N) is 1. The van der Waals surface area contributed by atoms with Gasteiger partial charge < -0.3 is 10.2 Å².